The summed E-state index contributed by atoms with van der Waals surface area (Å²) >= 11 is 0. The van der Waals surface area contributed by atoms with E-state index in [1.807, 2.05) is 18.2 Å². The second-order valence-corrected chi connectivity index (χ2v) is 6.96. The Kier molecular flexibility index (Phi) is 5.06. The van der Waals surface area contributed by atoms with Crippen LogP contribution in [0, 0.1) is 19.7 Å². The molecule has 0 unspecified atom stereocenters. The zero-order valence-corrected chi connectivity index (χ0v) is 16.1. The van der Waals surface area contributed by atoms with Crippen LogP contribution in [0.1, 0.15) is 11.1 Å². The third-order valence-electron chi connectivity index (χ3n) is 5.04. The van der Waals surface area contributed by atoms with E-state index in [9.17, 15) is 4.39 Å². The molecular formula is C21H23FN6. The Hall–Kier alpha value is -3.22. The summed E-state index contributed by atoms with van der Waals surface area (Å²) in [6.07, 6.45) is 1.63. The highest BCUT2D eigenvalue weighted by atomic mass is 19.1. The Morgan fingerprint density at radius 3 is 2.29 bits per heavy atom. The highest BCUT2D eigenvalue weighted by Crippen LogP contribution is 2.24. The Morgan fingerprint density at radius 2 is 1.57 bits per heavy atom. The van der Waals surface area contributed by atoms with Crippen LogP contribution in [0.2, 0.25) is 0 Å². The third-order valence-corrected chi connectivity index (χ3v) is 5.04. The minimum atomic E-state index is -0.186. The van der Waals surface area contributed by atoms with Gasteiger partial charge < -0.3 is 15.1 Å². The molecule has 7 heteroatoms. The second kappa shape index (κ2) is 7.80. The van der Waals surface area contributed by atoms with Gasteiger partial charge in [-0.1, -0.05) is 30.3 Å². The number of piperazine rings is 1. The molecule has 6 nitrogen and oxygen atoms in total. The topological polar surface area (TPSA) is 57.2 Å². The number of para-hydroxylation sites is 2. The maximum Gasteiger partial charge on any atom is 0.247 e. The predicted octanol–water partition coefficient (Wildman–Crippen LogP) is 3.70. The summed E-state index contributed by atoms with van der Waals surface area (Å²) < 4.78 is 14.0. The molecule has 1 fully saturated rings. The average Bonchev–Trinajstić information content (AvgIpc) is 2.72. The Morgan fingerprint density at radius 1 is 0.893 bits per heavy atom. The molecule has 0 atom stereocenters. The van der Waals surface area contributed by atoms with Crippen molar-refractivity contribution >= 4 is 23.1 Å². The van der Waals surface area contributed by atoms with E-state index in [4.69, 9.17) is 0 Å². The first-order valence-corrected chi connectivity index (χ1v) is 9.39. The average molecular weight is 378 g/mol. The van der Waals surface area contributed by atoms with E-state index < -0.39 is 0 Å². The summed E-state index contributed by atoms with van der Waals surface area (Å²) in [4.78, 5) is 8.78. The van der Waals surface area contributed by atoms with Gasteiger partial charge in [-0.2, -0.15) is 10.1 Å². The number of hydrogen-bond donors (Lipinski definition) is 1. The van der Waals surface area contributed by atoms with Gasteiger partial charge in [0.15, 0.2) is 5.82 Å². The molecule has 28 heavy (non-hydrogen) atoms. The molecule has 0 spiro atoms. The Labute approximate surface area is 164 Å². The number of anilines is 4. The van der Waals surface area contributed by atoms with Crippen molar-refractivity contribution in [2.24, 2.45) is 0 Å². The van der Waals surface area contributed by atoms with Gasteiger partial charge in [0.1, 0.15) is 5.82 Å². The van der Waals surface area contributed by atoms with Crippen LogP contribution in [-0.4, -0.2) is 41.4 Å². The number of halogens is 1. The van der Waals surface area contributed by atoms with Gasteiger partial charge in [0.2, 0.25) is 5.95 Å². The lowest BCUT2D eigenvalue weighted by Gasteiger charge is -2.36. The number of nitrogens with one attached hydrogen (secondary N) is 1. The SMILES string of the molecule is Cc1cccc(C)c1Nc1cnnc(N2CCN(c3ccccc3F)CC2)n1. The molecule has 1 saturated heterocycles. The first-order valence-electron chi connectivity index (χ1n) is 9.39. The number of benzene rings is 2. The number of aryl methyl sites for hydroxylation is 2. The van der Waals surface area contributed by atoms with Gasteiger partial charge in [-0.05, 0) is 37.1 Å². The molecule has 0 amide bonds. The van der Waals surface area contributed by atoms with Gasteiger partial charge in [0.25, 0.3) is 0 Å². The number of nitrogens with zero attached hydrogens (tertiary/aromatic N) is 5. The fourth-order valence-electron chi connectivity index (χ4n) is 3.48. The van der Waals surface area contributed by atoms with Crippen molar-refractivity contribution < 1.29 is 4.39 Å². The molecule has 1 aromatic heterocycles. The van der Waals surface area contributed by atoms with Crippen molar-refractivity contribution in [3.63, 3.8) is 0 Å². The summed E-state index contributed by atoms with van der Waals surface area (Å²) in [5, 5.41) is 11.7. The summed E-state index contributed by atoms with van der Waals surface area (Å²) in [5.41, 5.74) is 3.99. The van der Waals surface area contributed by atoms with Crippen LogP contribution in [0.15, 0.2) is 48.7 Å². The quantitative estimate of drug-likeness (QED) is 0.747. The molecule has 3 aromatic rings. The van der Waals surface area contributed by atoms with Gasteiger partial charge in [0, 0.05) is 31.9 Å². The molecule has 1 aliphatic heterocycles. The minimum absolute atomic E-state index is 0.186. The molecule has 4 rings (SSSR count). The first-order chi connectivity index (χ1) is 13.6. The van der Waals surface area contributed by atoms with Crippen LogP contribution in [0.25, 0.3) is 0 Å². The van der Waals surface area contributed by atoms with Crippen molar-refractivity contribution in [2.75, 3.05) is 41.3 Å². The molecule has 0 radical (unpaired) electrons. The van der Waals surface area contributed by atoms with Gasteiger partial charge in [-0.15, -0.1) is 5.10 Å². The van der Waals surface area contributed by atoms with E-state index in [0.717, 1.165) is 16.8 Å². The van der Waals surface area contributed by atoms with Gasteiger partial charge in [-0.3, -0.25) is 0 Å². The largest absolute Gasteiger partial charge is 0.366 e. The second-order valence-electron chi connectivity index (χ2n) is 6.96. The van der Waals surface area contributed by atoms with E-state index in [1.165, 1.54) is 6.07 Å². The lowest BCUT2D eigenvalue weighted by molar-refractivity contribution is 0.592. The van der Waals surface area contributed by atoms with Gasteiger partial charge in [-0.25, -0.2) is 4.39 Å². The van der Waals surface area contributed by atoms with Crippen LogP contribution in [-0.2, 0) is 0 Å². The summed E-state index contributed by atoms with van der Waals surface area (Å²) in [5.74, 6) is 1.07. The fraction of sp³-hybridized carbons (Fsp3) is 0.286. The molecule has 0 bridgehead atoms. The van der Waals surface area contributed by atoms with Crippen LogP contribution in [0.4, 0.5) is 27.5 Å². The van der Waals surface area contributed by atoms with Crippen molar-refractivity contribution in [1.82, 2.24) is 15.2 Å². The predicted molar refractivity (Wildman–Crippen MR) is 110 cm³/mol. The summed E-state index contributed by atoms with van der Waals surface area (Å²) in [6, 6.07) is 13.0. The number of hydrogen-bond acceptors (Lipinski definition) is 6. The number of rotatable bonds is 4. The Bertz CT molecular complexity index is 948. The zero-order valence-electron chi connectivity index (χ0n) is 16.1. The zero-order chi connectivity index (χ0) is 19.5. The molecule has 0 saturated carbocycles. The van der Waals surface area contributed by atoms with E-state index in [1.54, 1.807) is 12.3 Å². The van der Waals surface area contributed by atoms with Crippen molar-refractivity contribution in [3.8, 4) is 0 Å². The highest BCUT2D eigenvalue weighted by Gasteiger charge is 2.21. The number of aromatic nitrogens is 3. The monoisotopic (exact) mass is 378 g/mol. The van der Waals surface area contributed by atoms with E-state index in [2.05, 4.69) is 56.3 Å². The third kappa shape index (κ3) is 3.74. The smallest absolute Gasteiger partial charge is 0.247 e. The molecule has 2 aromatic carbocycles. The van der Waals surface area contributed by atoms with Crippen molar-refractivity contribution in [3.05, 3.63) is 65.6 Å². The van der Waals surface area contributed by atoms with Gasteiger partial charge in [0.05, 0.1) is 11.9 Å². The first kappa shape index (κ1) is 18.2. The maximum absolute atomic E-state index is 14.0. The molecular weight excluding hydrogens is 355 g/mol. The molecule has 144 valence electrons. The summed E-state index contributed by atoms with van der Waals surface area (Å²) in [6.45, 7) is 6.96. The van der Waals surface area contributed by atoms with Crippen LogP contribution >= 0.6 is 0 Å². The van der Waals surface area contributed by atoms with Crippen molar-refractivity contribution in [2.45, 2.75) is 13.8 Å². The van der Waals surface area contributed by atoms with E-state index >= 15 is 0 Å². The van der Waals surface area contributed by atoms with Crippen LogP contribution in [0.5, 0.6) is 0 Å². The highest BCUT2D eigenvalue weighted by molar-refractivity contribution is 5.64. The standard InChI is InChI=1S/C21H23FN6/c1-15-6-5-7-16(2)20(15)24-19-14-23-26-21(25-19)28-12-10-27(11-13-28)18-9-4-3-8-17(18)22/h3-9,14H,10-13H2,1-2H3,(H,24,25,26). The van der Waals surface area contributed by atoms with Crippen molar-refractivity contribution in [1.29, 1.82) is 0 Å². The van der Waals surface area contributed by atoms with Crippen LogP contribution < -0.4 is 15.1 Å². The normalized spacial score (nSPS) is 14.2. The Balaban J connectivity index is 1.46. The van der Waals surface area contributed by atoms with Gasteiger partial charge >= 0.3 is 0 Å². The molecule has 0 aliphatic carbocycles. The molecule has 2 heterocycles. The van der Waals surface area contributed by atoms with E-state index in [-0.39, 0.29) is 5.82 Å². The summed E-state index contributed by atoms with van der Waals surface area (Å²) in [7, 11) is 0. The van der Waals surface area contributed by atoms with E-state index in [0.29, 0.717) is 43.6 Å². The lowest BCUT2D eigenvalue weighted by atomic mass is 10.1. The fourth-order valence-corrected chi connectivity index (χ4v) is 3.48. The molecule has 1 aliphatic rings. The minimum Gasteiger partial charge on any atom is -0.366 e. The van der Waals surface area contributed by atoms with Crippen LogP contribution in [0.3, 0.4) is 0 Å². The maximum atomic E-state index is 14.0. The molecule has 1 N–H and O–H groups in total. The lowest BCUT2D eigenvalue weighted by Crippen LogP contribution is -2.47.